The lowest BCUT2D eigenvalue weighted by Gasteiger charge is -2.14. The van der Waals surface area contributed by atoms with Crippen LogP contribution in [-0.4, -0.2) is 36.2 Å². The highest BCUT2D eigenvalue weighted by Gasteiger charge is 2.33. The minimum absolute atomic E-state index is 0.0347. The Morgan fingerprint density at radius 1 is 1.11 bits per heavy atom. The van der Waals surface area contributed by atoms with Gasteiger partial charge in [0.15, 0.2) is 5.17 Å². The number of methoxy groups -OCH3 is 1. The number of para-hydroxylation sites is 1. The minimum Gasteiger partial charge on any atom is -0.383 e. The Balaban J connectivity index is 1.87. The molecule has 5 heteroatoms. The molecule has 0 N–H and O–H groups in total. The number of nitrogens with zero attached hydrogens (tertiary/aromatic N) is 2. The van der Waals surface area contributed by atoms with Crippen molar-refractivity contribution >= 4 is 34.6 Å². The third-order valence-electron chi connectivity index (χ3n) is 3.94. The molecule has 4 nitrogen and oxygen atoms in total. The molecule has 1 saturated heterocycles. The Morgan fingerprint density at radius 3 is 2.44 bits per heavy atom. The second-order valence-electron chi connectivity index (χ2n) is 6.09. The number of thioether (sulfide) groups is 1. The lowest BCUT2D eigenvalue weighted by atomic mass is 10.1. The van der Waals surface area contributed by atoms with E-state index in [2.05, 4.69) is 11.1 Å². The van der Waals surface area contributed by atoms with Crippen molar-refractivity contribution in [3.63, 3.8) is 0 Å². The Hall–Kier alpha value is -2.63. The third kappa shape index (κ3) is 5.18. The van der Waals surface area contributed by atoms with E-state index in [1.807, 2.05) is 73.7 Å². The molecule has 0 aromatic heterocycles. The molecular formula is C22H22N2O2S. The van der Waals surface area contributed by atoms with E-state index in [1.54, 1.807) is 12.0 Å². The second kappa shape index (κ2) is 9.35. The summed E-state index contributed by atoms with van der Waals surface area (Å²) in [5.74, 6) is -0.0347. The number of carbonyl (C=O) groups excluding carboxylic acids is 1. The van der Waals surface area contributed by atoms with Crippen molar-refractivity contribution in [1.29, 1.82) is 0 Å². The molecule has 1 aliphatic heterocycles. The van der Waals surface area contributed by atoms with E-state index in [9.17, 15) is 4.79 Å². The molecule has 0 unspecified atom stereocenters. The summed E-state index contributed by atoms with van der Waals surface area (Å²) in [4.78, 5) is 19.9. The molecule has 1 amide bonds. The number of carbonyl (C=O) groups is 1. The van der Waals surface area contributed by atoms with Crippen LogP contribution in [0.3, 0.4) is 0 Å². The first-order valence-corrected chi connectivity index (χ1v) is 9.56. The predicted octanol–water partition coefficient (Wildman–Crippen LogP) is 4.88. The van der Waals surface area contributed by atoms with Crippen molar-refractivity contribution in [2.24, 2.45) is 4.99 Å². The number of rotatable bonds is 6. The minimum atomic E-state index is -0.0347. The van der Waals surface area contributed by atoms with Crippen molar-refractivity contribution in [3.05, 3.63) is 82.8 Å². The highest BCUT2D eigenvalue weighted by Crippen LogP contribution is 2.33. The Morgan fingerprint density at radius 2 is 1.78 bits per heavy atom. The molecule has 0 bridgehead atoms. The molecule has 2 aromatic rings. The fraction of sp³-hybridized carbons (Fsp3) is 0.182. The van der Waals surface area contributed by atoms with E-state index in [4.69, 9.17) is 4.74 Å². The fourth-order valence-corrected chi connectivity index (χ4v) is 3.72. The van der Waals surface area contributed by atoms with Crippen LogP contribution >= 0.6 is 11.8 Å². The molecular weight excluding hydrogens is 356 g/mol. The lowest BCUT2D eigenvalue weighted by Crippen LogP contribution is -2.32. The molecule has 138 valence electrons. The molecule has 0 atom stereocenters. The maximum Gasteiger partial charge on any atom is 0.266 e. The molecule has 2 aromatic carbocycles. The molecule has 27 heavy (non-hydrogen) atoms. The van der Waals surface area contributed by atoms with Crippen LogP contribution in [0.5, 0.6) is 0 Å². The Labute approximate surface area is 164 Å². The van der Waals surface area contributed by atoms with Crippen LogP contribution in [-0.2, 0) is 9.53 Å². The van der Waals surface area contributed by atoms with Crippen molar-refractivity contribution in [2.45, 2.75) is 6.92 Å². The monoisotopic (exact) mass is 378 g/mol. The first-order chi connectivity index (χ1) is 13.2. The molecule has 0 aliphatic carbocycles. The largest absolute Gasteiger partial charge is 0.383 e. The van der Waals surface area contributed by atoms with Gasteiger partial charge in [-0.1, -0.05) is 54.6 Å². The SMILES string of the molecule is COCCN1C(=O)/C(=C\C(C)=C\c2ccccc2)SC1=Nc1ccccc1. The summed E-state index contributed by atoms with van der Waals surface area (Å²) in [6.45, 7) is 2.94. The van der Waals surface area contributed by atoms with Crippen molar-refractivity contribution in [3.8, 4) is 0 Å². The van der Waals surface area contributed by atoms with Crippen molar-refractivity contribution < 1.29 is 9.53 Å². The van der Waals surface area contributed by atoms with Crippen LogP contribution in [0.25, 0.3) is 6.08 Å². The quantitative estimate of drug-likeness (QED) is 0.673. The van der Waals surface area contributed by atoms with E-state index in [0.29, 0.717) is 23.2 Å². The summed E-state index contributed by atoms with van der Waals surface area (Å²) in [7, 11) is 1.63. The van der Waals surface area contributed by atoms with Gasteiger partial charge in [-0.3, -0.25) is 9.69 Å². The normalized spacial score (nSPS) is 17.9. The van der Waals surface area contributed by atoms with Gasteiger partial charge in [0.2, 0.25) is 0 Å². The number of aliphatic imine (C=N–C) groups is 1. The van der Waals surface area contributed by atoms with Gasteiger partial charge in [0.25, 0.3) is 5.91 Å². The zero-order chi connectivity index (χ0) is 19.1. The molecule has 3 rings (SSSR count). The number of benzene rings is 2. The lowest BCUT2D eigenvalue weighted by molar-refractivity contribution is -0.122. The van der Waals surface area contributed by atoms with Crippen molar-refractivity contribution in [2.75, 3.05) is 20.3 Å². The van der Waals surface area contributed by atoms with Crippen LogP contribution < -0.4 is 0 Å². The average molecular weight is 378 g/mol. The van der Waals surface area contributed by atoms with Crippen LogP contribution in [0.15, 0.2) is 82.2 Å². The van der Waals surface area contributed by atoms with Gasteiger partial charge >= 0.3 is 0 Å². The zero-order valence-corrected chi connectivity index (χ0v) is 16.3. The summed E-state index contributed by atoms with van der Waals surface area (Å²) in [6.07, 6.45) is 3.99. The van der Waals surface area contributed by atoms with Gasteiger partial charge in [0.1, 0.15) is 0 Å². The summed E-state index contributed by atoms with van der Waals surface area (Å²) in [5.41, 5.74) is 2.95. The van der Waals surface area contributed by atoms with E-state index >= 15 is 0 Å². The molecule has 1 aliphatic rings. The van der Waals surface area contributed by atoms with Gasteiger partial charge in [-0.2, -0.15) is 0 Å². The molecule has 0 spiro atoms. The first-order valence-electron chi connectivity index (χ1n) is 8.75. The van der Waals surface area contributed by atoms with E-state index in [1.165, 1.54) is 11.8 Å². The van der Waals surface area contributed by atoms with Crippen molar-refractivity contribution in [1.82, 2.24) is 4.90 Å². The van der Waals surface area contributed by atoms with Gasteiger partial charge in [-0.05, 0) is 48.0 Å². The van der Waals surface area contributed by atoms with Crippen LogP contribution in [0.4, 0.5) is 5.69 Å². The summed E-state index contributed by atoms with van der Waals surface area (Å²) in [5, 5.41) is 0.682. The fourth-order valence-electron chi connectivity index (χ4n) is 2.64. The van der Waals surface area contributed by atoms with Gasteiger partial charge in [-0.25, -0.2) is 4.99 Å². The number of hydrogen-bond donors (Lipinski definition) is 0. The highest BCUT2D eigenvalue weighted by molar-refractivity contribution is 8.18. The zero-order valence-electron chi connectivity index (χ0n) is 15.5. The van der Waals surface area contributed by atoms with Crippen LogP contribution in [0, 0.1) is 0 Å². The van der Waals surface area contributed by atoms with Crippen LogP contribution in [0.2, 0.25) is 0 Å². The van der Waals surface area contributed by atoms with E-state index in [-0.39, 0.29) is 5.91 Å². The van der Waals surface area contributed by atoms with E-state index < -0.39 is 0 Å². The Bertz CT molecular complexity index is 874. The number of allylic oxidation sites excluding steroid dienone is 2. The summed E-state index contributed by atoms with van der Waals surface area (Å²) < 4.78 is 5.16. The number of amides is 1. The second-order valence-corrected chi connectivity index (χ2v) is 7.10. The molecule has 0 radical (unpaired) electrons. The van der Waals surface area contributed by atoms with Crippen LogP contribution in [0.1, 0.15) is 12.5 Å². The number of hydrogen-bond acceptors (Lipinski definition) is 4. The van der Waals surface area contributed by atoms with E-state index in [0.717, 1.165) is 16.8 Å². The maximum absolute atomic E-state index is 12.9. The number of ether oxygens (including phenoxy) is 1. The van der Waals surface area contributed by atoms with Gasteiger partial charge in [0.05, 0.1) is 23.7 Å². The van der Waals surface area contributed by atoms with Gasteiger partial charge in [-0.15, -0.1) is 0 Å². The standard InChI is InChI=1S/C22H22N2O2S/c1-17(15-18-9-5-3-6-10-18)16-20-21(25)24(13-14-26-2)22(27-20)23-19-11-7-4-8-12-19/h3-12,15-16H,13-14H2,1-2H3/b17-15+,20-16+,23-22?. The van der Waals surface area contributed by atoms with Gasteiger partial charge in [0, 0.05) is 7.11 Å². The maximum atomic E-state index is 12.9. The molecule has 1 fully saturated rings. The predicted molar refractivity (Wildman–Crippen MR) is 113 cm³/mol. The Kier molecular flexibility index (Phi) is 6.63. The third-order valence-corrected chi connectivity index (χ3v) is 4.95. The number of amidine groups is 1. The first kappa shape index (κ1) is 19.1. The summed E-state index contributed by atoms with van der Waals surface area (Å²) in [6, 6.07) is 19.7. The smallest absolute Gasteiger partial charge is 0.266 e. The topological polar surface area (TPSA) is 41.9 Å². The molecule has 1 heterocycles. The average Bonchev–Trinajstić information content (AvgIpc) is 2.96. The summed E-state index contributed by atoms with van der Waals surface area (Å²) >= 11 is 1.40. The van der Waals surface area contributed by atoms with Gasteiger partial charge < -0.3 is 4.74 Å². The highest BCUT2D eigenvalue weighted by atomic mass is 32.2. The molecule has 0 saturated carbocycles.